The van der Waals surface area contributed by atoms with Gasteiger partial charge in [0, 0.05) is 12.2 Å². The van der Waals surface area contributed by atoms with Gasteiger partial charge in [-0.2, -0.15) is 5.10 Å². The van der Waals surface area contributed by atoms with Gasteiger partial charge in [0.05, 0.1) is 5.69 Å². The third kappa shape index (κ3) is 2.88. The Hall–Kier alpha value is -2.01. The molecule has 0 aliphatic heterocycles. The molecule has 1 aromatic carbocycles. The summed E-state index contributed by atoms with van der Waals surface area (Å²) in [5.41, 5.74) is 1.81. The summed E-state index contributed by atoms with van der Waals surface area (Å²) in [5.74, 6) is -0.304. The summed E-state index contributed by atoms with van der Waals surface area (Å²) in [6.07, 6.45) is 0.412. The molecular weight excluding hydrogens is 247 g/mol. The van der Waals surface area contributed by atoms with Crippen LogP contribution in [0.15, 0.2) is 30.3 Å². The second-order valence-corrected chi connectivity index (χ2v) is 4.08. The van der Waals surface area contributed by atoms with E-state index < -0.39 is 0 Å². The quantitative estimate of drug-likeness (QED) is 0.778. The lowest BCUT2D eigenvalue weighted by Crippen LogP contribution is -2.13. The van der Waals surface area contributed by atoms with Crippen molar-refractivity contribution < 1.29 is 13.9 Å². The number of carbonyl (C=O) groups is 1. The number of nitrogens with zero attached hydrogens (tertiary/aromatic N) is 2. The van der Waals surface area contributed by atoms with Gasteiger partial charge in [0.1, 0.15) is 17.7 Å². The zero-order valence-electron chi connectivity index (χ0n) is 10.8. The molecule has 0 saturated heterocycles. The molecule has 19 heavy (non-hydrogen) atoms. The maximum atomic E-state index is 12.9. The molecule has 0 aliphatic rings. The van der Waals surface area contributed by atoms with Gasteiger partial charge in [-0.3, -0.25) is 4.79 Å². The number of hydrogen-bond donors (Lipinski definition) is 0. The highest BCUT2D eigenvalue weighted by molar-refractivity contribution is 5.75. The van der Waals surface area contributed by atoms with Gasteiger partial charge in [-0.05, 0) is 44.2 Å². The Morgan fingerprint density at radius 2 is 2.11 bits per heavy atom. The van der Waals surface area contributed by atoms with Gasteiger partial charge in [0.15, 0.2) is 6.29 Å². The second kappa shape index (κ2) is 5.75. The summed E-state index contributed by atoms with van der Waals surface area (Å²) in [6, 6.07) is 7.64. The number of rotatable bonds is 5. The Balaban J connectivity index is 2.38. The van der Waals surface area contributed by atoms with Crippen molar-refractivity contribution >= 4 is 6.29 Å². The topological polar surface area (TPSA) is 44.1 Å². The minimum absolute atomic E-state index is 0.304. The van der Waals surface area contributed by atoms with Crippen LogP contribution in [0.4, 0.5) is 4.39 Å². The fourth-order valence-electron chi connectivity index (χ4n) is 1.86. The summed E-state index contributed by atoms with van der Waals surface area (Å²) in [6.45, 7) is 4.23. The molecule has 1 unspecified atom stereocenters. The first-order valence-electron chi connectivity index (χ1n) is 6.08. The van der Waals surface area contributed by atoms with E-state index in [4.69, 9.17) is 4.74 Å². The van der Waals surface area contributed by atoms with E-state index in [1.54, 1.807) is 18.2 Å². The summed E-state index contributed by atoms with van der Waals surface area (Å²) in [5, 5.41) is 4.34. The number of aromatic nitrogens is 2. The number of benzene rings is 1. The Morgan fingerprint density at radius 3 is 2.68 bits per heavy atom. The number of aldehydes is 1. The third-order valence-corrected chi connectivity index (χ3v) is 2.78. The molecule has 1 heterocycles. The lowest BCUT2D eigenvalue weighted by atomic mass is 10.1. The lowest BCUT2D eigenvalue weighted by molar-refractivity contribution is 0.0147. The molecule has 0 bridgehead atoms. The fourth-order valence-corrected chi connectivity index (χ4v) is 1.86. The van der Waals surface area contributed by atoms with Crippen molar-refractivity contribution in [3.8, 4) is 11.3 Å². The Kier molecular flexibility index (Phi) is 4.06. The van der Waals surface area contributed by atoms with Crippen molar-refractivity contribution in [1.82, 2.24) is 9.78 Å². The van der Waals surface area contributed by atoms with Gasteiger partial charge < -0.3 is 4.74 Å². The molecule has 0 saturated carbocycles. The Bertz CT molecular complexity index is 563. The number of ether oxygens (including phenoxy) is 1. The average Bonchev–Trinajstić information content (AvgIpc) is 2.84. The molecule has 4 nitrogen and oxygen atoms in total. The molecule has 0 fully saturated rings. The van der Waals surface area contributed by atoms with E-state index in [0.29, 0.717) is 18.0 Å². The fraction of sp³-hybridized carbons (Fsp3) is 0.286. The molecule has 0 radical (unpaired) electrons. The van der Waals surface area contributed by atoms with Crippen molar-refractivity contribution in [2.75, 3.05) is 6.61 Å². The molecule has 0 spiro atoms. The van der Waals surface area contributed by atoms with Crippen LogP contribution in [0.25, 0.3) is 11.3 Å². The van der Waals surface area contributed by atoms with Gasteiger partial charge in [-0.1, -0.05) is 0 Å². The first-order valence-corrected chi connectivity index (χ1v) is 6.08. The van der Waals surface area contributed by atoms with Gasteiger partial charge in [0.2, 0.25) is 0 Å². The van der Waals surface area contributed by atoms with E-state index in [-0.39, 0.29) is 12.0 Å². The van der Waals surface area contributed by atoms with Crippen LogP contribution in [0.2, 0.25) is 0 Å². The van der Waals surface area contributed by atoms with Crippen LogP contribution >= 0.6 is 0 Å². The molecule has 1 atom stereocenters. The number of hydrogen-bond acceptors (Lipinski definition) is 3. The van der Waals surface area contributed by atoms with Gasteiger partial charge in [-0.15, -0.1) is 0 Å². The molecule has 0 N–H and O–H groups in total. The summed E-state index contributed by atoms with van der Waals surface area (Å²) in [4.78, 5) is 11.1. The highest BCUT2D eigenvalue weighted by atomic mass is 19.1. The van der Waals surface area contributed by atoms with E-state index >= 15 is 0 Å². The average molecular weight is 262 g/mol. The van der Waals surface area contributed by atoms with E-state index in [9.17, 15) is 9.18 Å². The molecule has 100 valence electrons. The third-order valence-electron chi connectivity index (χ3n) is 2.78. The molecular formula is C14H15FN2O2. The van der Waals surface area contributed by atoms with Crippen LogP contribution in [0, 0.1) is 5.82 Å². The molecule has 1 aromatic heterocycles. The van der Waals surface area contributed by atoms with Crippen LogP contribution in [0.1, 0.15) is 30.6 Å². The maximum Gasteiger partial charge on any atom is 0.168 e. The number of carbonyl (C=O) groups excluding carboxylic acids is 1. The first kappa shape index (κ1) is 13.4. The Labute approximate surface area is 110 Å². The predicted molar refractivity (Wildman–Crippen MR) is 69.3 cm³/mol. The van der Waals surface area contributed by atoms with Gasteiger partial charge in [-0.25, -0.2) is 9.07 Å². The standard InChI is InChI=1S/C14H15FN2O2/c1-3-19-10(2)17-13(9-18)8-14(16-17)11-4-6-12(15)7-5-11/h4-10H,3H2,1-2H3. The van der Waals surface area contributed by atoms with Crippen molar-refractivity contribution in [3.05, 3.63) is 41.8 Å². The SMILES string of the molecule is CCOC(C)n1nc(-c2ccc(F)cc2)cc1C=O. The van der Waals surface area contributed by atoms with Crippen LogP contribution in [0.5, 0.6) is 0 Å². The normalized spacial score (nSPS) is 12.4. The lowest BCUT2D eigenvalue weighted by Gasteiger charge is -2.13. The summed E-state index contributed by atoms with van der Waals surface area (Å²) >= 11 is 0. The van der Waals surface area contributed by atoms with Crippen molar-refractivity contribution in [1.29, 1.82) is 0 Å². The summed E-state index contributed by atoms with van der Waals surface area (Å²) in [7, 11) is 0. The minimum atomic E-state index is -0.320. The van der Waals surface area contributed by atoms with Crippen molar-refractivity contribution in [2.45, 2.75) is 20.1 Å². The van der Waals surface area contributed by atoms with Gasteiger partial charge in [0.25, 0.3) is 0 Å². The highest BCUT2D eigenvalue weighted by Crippen LogP contribution is 2.21. The van der Waals surface area contributed by atoms with Crippen molar-refractivity contribution in [2.24, 2.45) is 0 Å². The zero-order chi connectivity index (χ0) is 13.8. The smallest absolute Gasteiger partial charge is 0.168 e. The van der Waals surface area contributed by atoms with Crippen LogP contribution < -0.4 is 0 Å². The largest absolute Gasteiger partial charge is 0.357 e. The number of halogens is 1. The minimum Gasteiger partial charge on any atom is -0.357 e. The predicted octanol–water partition coefficient (Wildman–Crippen LogP) is 3.06. The monoisotopic (exact) mass is 262 g/mol. The first-order chi connectivity index (χ1) is 9.15. The van der Waals surface area contributed by atoms with Crippen LogP contribution in [-0.4, -0.2) is 22.7 Å². The maximum absolute atomic E-state index is 12.9. The van der Waals surface area contributed by atoms with E-state index in [1.807, 2.05) is 13.8 Å². The molecule has 2 aromatic rings. The van der Waals surface area contributed by atoms with E-state index in [2.05, 4.69) is 5.10 Å². The van der Waals surface area contributed by atoms with E-state index in [0.717, 1.165) is 11.8 Å². The van der Waals surface area contributed by atoms with E-state index in [1.165, 1.54) is 16.8 Å². The van der Waals surface area contributed by atoms with Crippen molar-refractivity contribution in [3.63, 3.8) is 0 Å². The molecule has 5 heteroatoms. The molecule has 0 aliphatic carbocycles. The molecule has 0 amide bonds. The Morgan fingerprint density at radius 1 is 1.42 bits per heavy atom. The van der Waals surface area contributed by atoms with Crippen LogP contribution in [-0.2, 0) is 4.74 Å². The zero-order valence-corrected chi connectivity index (χ0v) is 10.8. The second-order valence-electron chi connectivity index (χ2n) is 4.08. The highest BCUT2D eigenvalue weighted by Gasteiger charge is 2.14. The van der Waals surface area contributed by atoms with Gasteiger partial charge >= 0.3 is 0 Å². The summed E-state index contributed by atoms with van der Waals surface area (Å²) < 4.78 is 19.8. The van der Waals surface area contributed by atoms with Crippen LogP contribution in [0.3, 0.4) is 0 Å². The molecule has 2 rings (SSSR count).